The van der Waals surface area contributed by atoms with Crippen molar-refractivity contribution in [2.75, 3.05) is 24.3 Å². The number of nitrogens with zero attached hydrogens (tertiary/aromatic N) is 3. The Kier molecular flexibility index (Phi) is 4.19. The van der Waals surface area contributed by atoms with Gasteiger partial charge in [0.05, 0.1) is 25.3 Å². The van der Waals surface area contributed by atoms with Gasteiger partial charge in [-0.1, -0.05) is 0 Å². The van der Waals surface area contributed by atoms with Crippen LogP contribution in [0.2, 0.25) is 0 Å². The highest BCUT2D eigenvalue weighted by Gasteiger charge is 2.33. The molecule has 1 aliphatic heterocycles. The molecule has 114 valence electrons. The van der Waals surface area contributed by atoms with Crippen molar-refractivity contribution in [3.8, 4) is 0 Å². The standard InChI is InChI=1S/C11H14N4O5S/c1-20-11(17)8-3-14-9(4-13-8)15-5-7(2-10(15)16)6-21(12,18)19/h3-4,7H,2,5-6H2,1H3,(H2,12,18,19). The Hall–Kier alpha value is -2.07. The fourth-order valence-corrected chi connectivity index (χ4v) is 2.99. The topological polar surface area (TPSA) is 133 Å². The minimum Gasteiger partial charge on any atom is -0.464 e. The van der Waals surface area contributed by atoms with Gasteiger partial charge in [0.15, 0.2) is 11.5 Å². The normalized spacial score (nSPS) is 18.9. The number of carbonyl (C=O) groups excluding carboxylic acids is 2. The number of ether oxygens (including phenoxy) is 1. The van der Waals surface area contributed by atoms with Crippen molar-refractivity contribution >= 4 is 27.7 Å². The molecule has 9 nitrogen and oxygen atoms in total. The lowest BCUT2D eigenvalue weighted by Crippen LogP contribution is -2.28. The largest absolute Gasteiger partial charge is 0.464 e. The molecule has 1 atom stereocenters. The van der Waals surface area contributed by atoms with Gasteiger partial charge in [0.1, 0.15) is 0 Å². The summed E-state index contributed by atoms with van der Waals surface area (Å²) in [5, 5.41) is 4.98. The molecule has 0 aromatic carbocycles. The molecule has 1 unspecified atom stereocenters. The number of nitrogens with two attached hydrogens (primary N) is 1. The Morgan fingerprint density at radius 2 is 2.19 bits per heavy atom. The molecule has 1 amide bonds. The van der Waals surface area contributed by atoms with Crippen molar-refractivity contribution < 1.29 is 22.7 Å². The van der Waals surface area contributed by atoms with Gasteiger partial charge in [0, 0.05) is 18.9 Å². The van der Waals surface area contributed by atoms with Gasteiger partial charge in [0.25, 0.3) is 0 Å². The molecule has 2 rings (SSSR count). The predicted octanol–water partition coefficient (Wildman–Crippen LogP) is -1.10. The third-order valence-corrected chi connectivity index (χ3v) is 3.92. The summed E-state index contributed by atoms with van der Waals surface area (Å²) in [5.74, 6) is -1.28. The van der Waals surface area contributed by atoms with Crippen molar-refractivity contribution in [3.63, 3.8) is 0 Å². The maximum atomic E-state index is 11.9. The van der Waals surface area contributed by atoms with Crippen LogP contribution in [0.15, 0.2) is 12.4 Å². The number of hydrogen-bond acceptors (Lipinski definition) is 7. The third kappa shape index (κ3) is 3.73. The zero-order valence-corrected chi connectivity index (χ0v) is 12.0. The van der Waals surface area contributed by atoms with E-state index in [1.165, 1.54) is 24.4 Å². The van der Waals surface area contributed by atoms with Gasteiger partial charge in [-0.25, -0.2) is 28.3 Å². The van der Waals surface area contributed by atoms with Gasteiger partial charge in [-0.05, 0) is 0 Å². The van der Waals surface area contributed by atoms with Crippen LogP contribution in [0.5, 0.6) is 0 Å². The molecule has 1 aromatic rings. The second kappa shape index (κ2) is 5.74. The van der Waals surface area contributed by atoms with E-state index >= 15 is 0 Å². The Morgan fingerprint density at radius 1 is 1.48 bits per heavy atom. The van der Waals surface area contributed by atoms with Gasteiger partial charge >= 0.3 is 5.97 Å². The summed E-state index contributed by atoms with van der Waals surface area (Å²) in [7, 11) is -2.41. The molecule has 0 radical (unpaired) electrons. The maximum Gasteiger partial charge on any atom is 0.358 e. The average molecular weight is 314 g/mol. The molecule has 0 aliphatic carbocycles. The Labute approximate surface area is 121 Å². The average Bonchev–Trinajstić information content (AvgIpc) is 2.76. The van der Waals surface area contributed by atoms with E-state index in [2.05, 4.69) is 14.7 Å². The van der Waals surface area contributed by atoms with Crippen LogP contribution in [0, 0.1) is 5.92 Å². The van der Waals surface area contributed by atoms with Gasteiger partial charge < -0.3 is 4.74 Å². The van der Waals surface area contributed by atoms with E-state index < -0.39 is 16.0 Å². The first-order valence-corrected chi connectivity index (χ1v) is 7.73. The molecule has 1 saturated heterocycles. The second-order valence-electron chi connectivity index (χ2n) is 4.66. The number of sulfonamides is 1. The molecular weight excluding hydrogens is 300 g/mol. The third-order valence-electron chi connectivity index (χ3n) is 2.98. The van der Waals surface area contributed by atoms with Gasteiger partial charge in [-0.2, -0.15) is 0 Å². The fraction of sp³-hybridized carbons (Fsp3) is 0.455. The van der Waals surface area contributed by atoms with E-state index in [9.17, 15) is 18.0 Å². The number of carbonyl (C=O) groups is 2. The van der Waals surface area contributed by atoms with E-state index in [4.69, 9.17) is 5.14 Å². The van der Waals surface area contributed by atoms with Crippen molar-refractivity contribution in [1.82, 2.24) is 9.97 Å². The lowest BCUT2D eigenvalue weighted by atomic mass is 10.1. The fourth-order valence-electron chi connectivity index (χ4n) is 2.11. The lowest BCUT2D eigenvalue weighted by molar-refractivity contribution is -0.117. The number of rotatable bonds is 4. The number of primary sulfonamides is 1. The monoisotopic (exact) mass is 314 g/mol. The summed E-state index contributed by atoms with van der Waals surface area (Å²) in [6.45, 7) is 0.196. The van der Waals surface area contributed by atoms with Crippen LogP contribution in [0.4, 0.5) is 5.82 Å². The first kappa shape index (κ1) is 15.3. The van der Waals surface area contributed by atoms with Crippen LogP contribution in [-0.2, 0) is 19.6 Å². The van der Waals surface area contributed by atoms with Gasteiger partial charge in [-0.15, -0.1) is 0 Å². The van der Waals surface area contributed by atoms with Gasteiger partial charge in [0.2, 0.25) is 15.9 Å². The van der Waals surface area contributed by atoms with Crippen molar-refractivity contribution in [3.05, 3.63) is 18.1 Å². The summed E-state index contributed by atoms with van der Waals surface area (Å²) in [6.07, 6.45) is 2.54. The molecule has 2 N–H and O–H groups in total. The van der Waals surface area contributed by atoms with E-state index in [0.717, 1.165) is 0 Å². The molecule has 0 saturated carbocycles. The number of esters is 1. The number of methoxy groups -OCH3 is 1. The van der Waals surface area contributed by atoms with Crippen LogP contribution in [0.1, 0.15) is 16.9 Å². The van der Waals surface area contributed by atoms with Crippen molar-refractivity contribution in [2.24, 2.45) is 11.1 Å². The lowest BCUT2D eigenvalue weighted by Gasteiger charge is -2.14. The van der Waals surface area contributed by atoms with E-state index in [0.29, 0.717) is 0 Å². The summed E-state index contributed by atoms with van der Waals surface area (Å²) in [6, 6.07) is 0. The number of aromatic nitrogens is 2. The molecule has 0 spiro atoms. The molecule has 10 heteroatoms. The Balaban J connectivity index is 2.12. The minimum absolute atomic E-state index is 0.0222. The molecule has 2 heterocycles. The molecular formula is C11H14N4O5S. The van der Waals surface area contributed by atoms with E-state index in [1.54, 1.807) is 0 Å². The van der Waals surface area contributed by atoms with Crippen LogP contribution in [0.25, 0.3) is 0 Å². The maximum absolute atomic E-state index is 11.9. The predicted molar refractivity (Wildman–Crippen MR) is 71.8 cm³/mol. The Bertz CT molecular complexity index is 658. The van der Waals surface area contributed by atoms with Crippen LogP contribution in [0.3, 0.4) is 0 Å². The second-order valence-corrected chi connectivity index (χ2v) is 6.31. The Morgan fingerprint density at radius 3 is 2.71 bits per heavy atom. The van der Waals surface area contributed by atoms with Crippen molar-refractivity contribution in [2.45, 2.75) is 6.42 Å². The quantitative estimate of drug-likeness (QED) is 0.698. The highest BCUT2D eigenvalue weighted by Crippen LogP contribution is 2.23. The highest BCUT2D eigenvalue weighted by molar-refractivity contribution is 7.89. The van der Waals surface area contributed by atoms with Crippen LogP contribution >= 0.6 is 0 Å². The van der Waals surface area contributed by atoms with E-state index in [-0.39, 0.29) is 42.1 Å². The van der Waals surface area contributed by atoms with Gasteiger partial charge in [-0.3, -0.25) is 9.69 Å². The molecule has 0 bridgehead atoms. The number of hydrogen-bond donors (Lipinski definition) is 1. The summed E-state index contributed by atoms with van der Waals surface area (Å²) >= 11 is 0. The summed E-state index contributed by atoms with van der Waals surface area (Å²) in [4.78, 5) is 32.3. The molecule has 1 aromatic heterocycles. The zero-order valence-electron chi connectivity index (χ0n) is 11.2. The smallest absolute Gasteiger partial charge is 0.358 e. The highest BCUT2D eigenvalue weighted by atomic mass is 32.2. The first-order chi connectivity index (χ1) is 9.80. The first-order valence-electron chi connectivity index (χ1n) is 6.01. The van der Waals surface area contributed by atoms with Crippen LogP contribution < -0.4 is 10.0 Å². The molecule has 1 fully saturated rings. The summed E-state index contributed by atoms with van der Waals surface area (Å²) < 4.78 is 26.6. The number of anilines is 1. The SMILES string of the molecule is COC(=O)c1cnc(N2CC(CS(N)(=O)=O)CC2=O)cn1. The zero-order chi connectivity index (χ0) is 15.6. The van der Waals surface area contributed by atoms with Crippen molar-refractivity contribution in [1.29, 1.82) is 0 Å². The van der Waals surface area contributed by atoms with E-state index in [1.807, 2.05) is 0 Å². The molecule has 1 aliphatic rings. The minimum atomic E-state index is -3.63. The summed E-state index contributed by atoms with van der Waals surface area (Å²) in [5.41, 5.74) is 0.0222. The molecule has 21 heavy (non-hydrogen) atoms. The van der Waals surface area contributed by atoms with Crippen LogP contribution in [-0.4, -0.2) is 49.7 Å². The number of amides is 1.